The lowest BCUT2D eigenvalue weighted by Crippen LogP contribution is -2.31. The largest absolute Gasteiger partial charge is 0.497 e. The molecule has 2 aromatic carbocycles. The van der Waals surface area contributed by atoms with Crippen LogP contribution in [0, 0.1) is 0 Å². The number of methoxy groups -OCH3 is 1. The zero-order valence-corrected chi connectivity index (χ0v) is 18.4. The highest BCUT2D eigenvalue weighted by molar-refractivity contribution is 5.93. The maximum Gasteiger partial charge on any atom is 0.254 e. The number of nitrogens with one attached hydrogen (secondary N) is 1. The normalized spacial score (nSPS) is 11.6. The lowest BCUT2D eigenvalue weighted by atomic mass is 9.99. The van der Waals surface area contributed by atoms with E-state index in [0.29, 0.717) is 24.6 Å². The van der Waals surface area contributed by atoms with Crippen molar-refractivity contribution in [2.24, 2.45) is 5.73 Å². The predicted octanol–water partition coefficient (Wildman–Crippen LogP) is 3.92. The van der Waals surface area contributed by atoms with Gasteiger partial charge in [-0.25, -0.2) is 0 Å². The molecule has 3 rings (SSSR count). The van der Waals surface area contributed by atoms with Gasteiger partial charge in [-0.1, -0.05) is 50.2 Å². The van der Waals surface area contributed by atoms with Crippen LogP contribution in [0.1, 0.15) is 52.9 Å². The van der Waals surface area contributed by atoms with E-state index in [4.69, 9.17) is 10.5 Å². The molecule has 0 radical (unpaired) electrons. The molecule has 6 nitrogen and oxygen atoms in total. The SMILES string of the molecule is COc1ccc(Cn2cc(C(=O)NCC(N)c3ccc(C(C)C)cc3)cn2)cc1.Cl. The number of ether oxygens (including phenoxy) is 1. The van der Waals surface area contributed by atoms with E-state index in [1.54, 1.807) is 24.2 Å². The van der Waals surface area contributed by atoms with Crippen LogP contribution in [0.25, 0.3) is 0 Å². The van der Waals surface area contributed by atoms with Gasteiger partial charge in [-0.15, -0.1) is 12.4 Å². The summed E-state index contributed by atoms with van der Waals surface area (Å²) in [5, 5.41) is 7.17. The summed E-state index contributed by atoms with van der Waals surface area (Å²) in [6.07, 6.45) is 3.31. The van der Waals surface area contributed by atoms with Crippen molar-refractivity contribution in [2.45, 2.75) is 32.4 Å². The molecule has 160 valence electrons. The average molecular weight is 429 g/mol. The minimum atomic E-state index is -0.255. The molecule has 0 bridgehead atoms. The number of nitrogens with two attached hydrogens (primary N) is 1. The number of hydrogen-bond donors (Lipinski definition) is 2. The van der Waals surface area contributed by atoms with Gasteiger partial charge < -0.3 is 15.8 Å². The maximum absolute atomic E-state index is 12.4. The lowest BCUT2D eigenvalue weighted by Gasteiger charge is -2.14. The standard InChI is InChI=1S/C23H28N4O2.ClH/c1-16(2)18-6-8-19(9-7-18)22(24)13-25-23(28)20-12-26-27(15-20)14-17-4-10-21(29-3)11-5-17;/h4-12,15-16,22H,13-14,24H2,1-3H3,(H,25,28);1H. The molecular formula is C23H29ClN4O2. The number of carbonyl (C=O) groups is 1. The van der Waals surface area contributed by atoms with Crippen LogP contribution in [0.5, 0.6) is 5.75 Å². The molecule has 3 aromatic rings. The van der Waals surface area contributed by atoms with Crippen molar-refractivity contribution in [2.75, 3.05) is 13.7 Å². The lowest BCUT2D eigenvalue weighted by molar-refractivity contribution is 0.0951. The number of rotatable bonds is 8. The van der Waals surface area contributed by atoms with E-state index in [9.17, 15) is 4.79 Å². The maximum atomic E-state index is 12.4. The quantitative estimate of drug-likeness (QED) is 0.569. The molecule has 0 fully saturated rings. The van der Waals surface area contributed by atoms with Gasteiger partial charge in [-0.2, -0.15) is 5.10 Å². The summed E-state index contributed by atoms with van der Waals surface area (Å²) >= 11 is 0. The number of amides is 1. The fourth-order valence-electron chi connectivity index (χ4n) is 3.04. The smallest absolute Gasteiger partial charge is 0.254 e. The highest BCUT2D eigenvalue weighted by Crippen LogP contribution is 2.17. The van der Waals surface area contributed by atoms with E-state index in [2.05, 4.69) is 36.4 Å². The Morgan fingerprint density at radius 3 is 2.33 bits per heavy atom. The molecule has 0 aliphatic rings. The molecule has 3 N–H and O–H groups in total. The minimum Gasteiger partial charge on any atom is -0.497 e. The van der Waals surface area contributed by atoms with Crippen LogP contribution >= 0.6 is 12.4 Å². The highest BCUT2D eigenvalue weighted by atomic mass is 35.5. The third-order valence-corrected chi connectivity index (χ3v) is 4.91. The molecular weight excluding hydrogens is 400 g/mol. The second-order valence-corrected chi connectivity index (χ2v) is 7.41. The third-order valence-electron chi connectivity index (χ3n) is 4.91. The number of aromatic nitrogens is 2. The number of nitrogens with zero attached hydrogens (tertiary/aromatic N) is 2. The summed E-state index contributed by atoms with van der Waals surface area (Å²) in [5.74, 6) is 1.11. The van der Waals surface area contributed by atoms with E-state index in [1.807, 2.05) is 36.4 Å². The zero-order chi connectivity index (χ0) is 20.8. The van der Waals surface area contributed by atoms with Crippen LogP contribution < -0.4 is 15.8 Å². The summed E-state index contributed by atoms with van der Waals surface area (Å²) in [6, 6.07) is 15.7. The van der Waals surface area contributed by atoms with Crippen molar-refractivity contribution >= 4 is 18.3 Å². The summed E-state index contributed by atoms with van der Waals surface area (Å²) in [5.41, 5.74) is 10.1. The number of halogens is 1. The van der Waals surface area contributed by atoms with Crippen LogP contribution in [-0.4, -0.2) is 29.3 Å². The molecule has 0 spiro atoms. The van der Waals surface area contributed by atoms with Gasteiger partial charge in [0.1, 0.15) is 5.75 Å². The Labute approximate surface area is 183 Å². The first-order valence-electron chi connectivity index (χ1n) is 9.75. The van der Waals surface area contributed by atoms with Crippen LogP contribution in [0.2, 0.25) is 0 Å². The molecule has 0 aliphatic heterocycles. The molecule has 1 unspecified atom stereocenters. The fourth-order valence-corrected chi connectivity index (χ4v) is 3.04. The third kappa shape index (κ3) is 6.08. The Kier molecular flexibility index (Phi) is 8.45. The molecule has 0 saturated heterocycles. The van der Waals surface area contributed by atoms with Gasteiger partial charge in [0.15, 0.2) is 0 Å². The van der Waals surface area contributed by atoms with Crippen LogP contribution in [0.15, 0.2) is 60.9 Å². The van der Waals surface area contributed by atoms with Crippen molar-refractivity contribution in [3.8, 4) is 5.75 Å². The Hall–Kier alpha value is -2.83. The Morgan fingerprint density at radius 2 is 1.73 bits per heavy atom. The van der Waals surface area contributed by atoms with E-state index in [0.717, 1.165) is 16.9 Å². The molecule has 30 heavy (non-hydrogen) atoms. The van der Waals surface area contributed by atoms with Crippen molar-refractivity contribution in [1.82, 2.24) is 15.1 Å². The summed E-state index contributed by atoms with van der Waals surface area (Å²) in [4.78, 5) is 12.4. The van der Waals surface area contributed by atoms with Crippen molar-refractivity contribution < 1.29 is 9.53 Å². The van der Waals surface area contributed by atoms with E-state index >= 15 is 0 Å². The van der Waals surface area contributed by atoms with Gasteiger partial charge in [-0.05, 0) is 34.7 Å². The van der Waals surface area contributed by atoms with Crippen molar-refractivity contribution in [3.63, 3.8) is 0 Å². The van der Waals surface area contributed by atoms with Gasteiger partial charge in [0, 0.05) is 18.8 Å². The van der Waals surface area contributed by atoms with Gasteiger partial charge >= 0.3 is 0 Å². The van der Waals surface area contributed by atoms with Crippen LogP contribution in [0.4, 0.5) is 0 Å². The Morgan fingerprint density at radius 1 is 1.10 bits per heavy atom. The van der Waals surface area contributed by atoms with Crippen LogP contribution in [0.3, 0.4) is 0 Å². The Bertz CT molecular complexity index is 937. The summed E-state index contributed by atoms with van der Waals surface area (Å²) in [7, 11) is 1.64. The second-order valence-electron chi connectivity index (χ2n) is 7.41. The van der Waals surface area contributed by atoms with Gasteiger partial charge in [-0.3, -0.25) is 9.48 Å². The van der Waals surface area contributed by atoms with E-state index < -0.39 is 0 Å². The zero-order valence-electron chi connectivity index (χ0n) is 17.5. The first-order valence-corrected chi connectivity index (χ1v) is 9.75. The second kappa shape index (κ2) is 10.8. The number of benzene rings is 2. The first kappa shape index (κ1) is 23.4. The molecule has 1 amide bonds. The van der Waals surface area contributed by atoms with E-state index in [-0.39, 0.29) is 24.4 Å². The first-order chi connectivity index (χ1) is 14.0. The number of hydrogen-bond acceptors (Lipinski definition) is 4. The monoisotopic (exact) mass is 428 g/mol. The molecule has 1 heterocycles. The molecule has 0 saturated carbocycles. The molecule has 1 aromatic heterocycles. The van der Waals surface area contributed by atoms with Gasteiger partial charge in [0.25, 0.3) is 5.91 Å². The van der Waals surface area contributed by atoms with E-state index in [1.165, 1.54) is 5.56 Å². The fraction of sp³-hybridized carbons (Fsp3) is 0.304. The van der Waals surface area contributed by atoms with Gasteiger partial charge in [0.05, 0.1) is 25.4 Å². The van der Waals surface area contributed by atoms with Crippen LogP contribution in [-0.2, 0) is 6.54 Å². The molecule has 7 heteroatoms. The molecule has 1 atom stereocenters. The summed E-state index contributed by atoms with van der Waals surface area (Å²) in [6.45, 7) is 5.26. The number of carbonyl (C=O) groups excluding carboxylic acids is 1. The minimum absolute atomic E-state index is 0. The topological polar surface area (TPSA) is 82.2 Å². The van der Waals surface area contributed by atoms with Crippen molar-refractivity contribution in [3.05, 3.63) is 83.2 Å². The van der Waals surface area contributed by atoms with Gasteiger partial charge in [0.2, 0.25) is 0 Å². The Balaban J connectivity index is 0.00000320. The summed E-state index contributed by atoms with van der Waals surface area (Å²) < 4.78 is 6.90. The average Bonchev–Trinajstić information content (AvgIpc) is 3.21. The molecule has 0 aliphatic carbocycles. The van der Waals surface area contributed by atoms with Crippen molar-refractivity contribution in [1.29, 1.82) is 0 Å². The predicted molar refractivity (Wildman–Crippen MR) is 121 cm³/mol. The highest BCUT2D eigenvalue weighted by Gasteiger charge is 2.12.